The predicted molar refractivity (Wildman–Crippen MR) is 88.0 cm³/mol. The van der Waals surface area contributed by atoms with Crippen LogP contribution in [-0.4, -0.2) is 25.6 Å². The van der Waals surface area contributed by atoms with Crippen molar-refractivity contribution in [1.29, 1.82) is 0 Å². The van der Waals surface area contributed by atoms with Gasteiger partial charge in [-0.15, -0.1) is 24.0 Å². The molecule has 0 aliphatic carbocycles. The maximum atomic E-state index is 10.9. The fourth-order valence-corrected chi connectivity index (χ4v) is 1.43. The van der Waals surface area contributed by atoms with Crippen molar-refractivity contribution in [3.8, 4) is 0 Å². The molecule has 106 valence electrons. The third-order valence-electron chi connectivity index (χ3n) is 2.43. The Bertz CT molecular complexity index is 436. The molecule has 0 aliphatic heterocycles. The molecular formula is C13H20IN3O2. The zero-order chi connectivity index (χ0) is 13.4. The highest BCUT2D eigenvalue weighted by molar-refractivity contribution is 14.0. The number of nitrogens with two attached hydrogens (primary N) is 1. The van der Waals surface area contributed by atoms with Crippen molar-refractivity contribution >= 4 is 41.6 Å². The van der Waals surface area contributed by atoms with Crippen LogP contribution in [-0.2, 0) is 16.0 Å². The molecule has 0 heterocycles. The highest BCUT2D eigenvalue weighted by atomic mass is 127. The minimum absolute atomic E-state index is 0. The number of carbonyl (C=O) groups is 1. The van der Waals surface area contributed by atoms with Crippen molar-refractivity contribution in [3.63, 3.8) is 0 Å². The third-order valence-corrected chi connectivity index (χ3v) is 2.43. The van der Waals surface area contributed by atoms with E-state index >= 15 is 0 Å². The fraction of sp³-hybridized carbons (Fsp3) is 0.385. The number of nitrogens with one attached hydrogen (secondary N) is 1. The van der Waals surface area contributed by atoms with Crippen LogP contribution in [0.2, 0.25) is 0 Å². The molecule has 0 amide bonds. The van der Waals surface area contributed by atoms with E-state index in [2.05, 4.69) is 28.0 Å². The molecule has 0 spiro atoms. The number of esters is 1. The largest absolute Gasteiger partial charge is 0.469 e. The molecule has 1 aromatic rings. The van der Waals surface area contributed by atoms with Crippen LogP contribution >= 0.6 is 24.0 Å². The first kappa shape index (κ1) is 17.7. The minimum Gasteiger partial charge on any atom is -0.469 e. The molecule has 0 bridgehead atoms. The Hall–Kier alpha value is -1.31. The molecule has 0 fully saturated rings. The van der Waals surface area contributed by atoms with Gasteiger partial charge in [-0.1, -0.05) is 19.1 Å². The molecule has 5 nitrogen and oxygen atoms in total. The van der Waals surface area contributed by atoms with Gasteiger partial charge in [0, 0.05) is 5.69 Å². The number of carbonyl (C=O) groups excluding carboxylic acids is 1. The van der Waals surface area contributed by atoms with Gasteiger partial charge >= 0.3 is 5.97 Å². The topological polar surface area (TPSA) is 76.7 Å². The van der Waals surface area contributed by atoms with Crippen LogP contribution in [0.5, 0.6) is 0 Å². The summed E-state index contributed by atoms with van der Waals surface area (Å²) >= 11 is 0. The number of hydrogen-bond donors (Lipinski definition) is 2. The lowest BCUT2D eigenvalue weighted by atomic mass is 10.1. The van der Waals surface area contributed by atoms with Gasteiger partial charge < -0.3 is 15.8 Å². The highest BCUT2D eigenvalue weighted by Gasteiger charge is 1.99. The van der Waals surface area contributed by atoms with Crippen LogP contribution in [0.4, 0.5) is 5.69 Å². The van der Waals surface area contributed by atoms with Gasteiger partial charge in [0.2, 0.25) is 0 Å². The van der Waals surface area contributed by atoms with Gasteiger partial charge in [0.25, 0.3) is 0 Å². The number of aliphatic imine (C=N–C) groups is 1. The van der Waals surface area contributed by atoms with Crippen LogP contribution in [0.3, 0.4) is 0 Å². The van der Waals surface area contributed by atoms with Crippen molar-refractivity contribution < 1.29 is 9.53 Å². The van der Waals surface area contributed by atoms with Gasteiger partial charge in [-0.25, -0.2) is 0 Å². The van der Waals surface area contributed by atoms with Crippen LogP contribution in [0, 0.1) is 0 Å². The number of benzene rings is 1. The molecule has 6 heteroatoms. The Labute approximate surface area is 130 Å². The molecule has 0 radical (unpaired) electrons. The minimum atomic E-state index is -0.292. The number of halogens is 1. The molecular weight excluding hydrogens is 357 g/mol. The van der Waals surface area contributed by atoms with Crippen molar-refractivity contribution in [2.45, 2.75) is 19.8 Å². The summed E-state index contributed by atoms with van der Waals surface area (Å²) in [6.07, 6.45) is 1.20. The molecule has 1 aromatic carbocycles. The van der Waals surface area contributed by atoms with E-state index in [0.717, 1.165) is 12.1 Å². The quantitative estimate of drug-likeness (QED) is 0.357. The van der Waals surface area contributed by atoms with Gasteiger partial charge in [-0.05, 0) is 24.1 Å². The van der Waals surface area contributed by atoms with Crippen molar-refractivity contribution in [2.75, 3.05) is 19.0 Å². The first-order valence-electron chi connectivity index (χ1n) is 5.88. The Balaban J connectivity index is 0.00000324. The zero-order valence-corrected chi connectivity index (χ0v) is 13.5. The van der Waals surface area contributed by atoms with Gasteiger partial charge in [-0.3, -0.25) is 9.79 Å². The van der Waals surface area contributed by atoms with Crippen LogP contribution < -0.4 is 11.1 Å². The summed E-state index contributed by atoms with van der Waals surface area (Å²) in [7, 11) is 1.35. The molecule has 3 N–H and O–H groups in total. The second-order valence-corrected chi connectivity index (χ2v) is 3.77. The average Bonchev–Trinajstić information content (AvgIpc) is 2.38. The van der Waals surface area contributed by atoms with Crippen LogP contribution in [0.25, 0.3) is 0 Å². The summed E-state index contributed by atoms with van der Waals surface area (Å²) in [5.74, 6) is 0.00619. The number of rotatable bonds is 5. The lowest BCUT2D eigenvalue weighted by Gasteiger charge is -2.06. The van der Waals surface area contributed by atoms with E-state index in [1.54, 1.807) is 0 Å². The number of anilines is 1. The van der Waals surface area contributed by atoms with Gasteiger partial charge in [0.05, 0.1) is 20.1 Å². The third kappa shape index (κ3) is 7.00. The van der Waals surface area contributed by atoms with E-state index in [-0.39, 0.29) is 36.4 Å². The van der Waals surface area contributed by atoms with Crippen LogP contribution in [0.15, 0.2) is 29.3 Å². The lowest BCUT2D eigenvalue weighted by Crippen LogP contribution is -2.23. The standard InChI is InChI=1S/C13H19N3O2.HI/c1-3-10-5-4-6-11(9-10)16-13(14)15-8-7-12(17)18-2;/h4-6,9H,3,7-8H2,1-2H3,(H3,14,15,16);1H. The Morgan fingerprint density at radius 1 is 1.47 bits per heavy atom. The average molecular weight is 377 g/mol. The van der Waals surface area contributed by atoms with E-state index < -0.39 is 0 Å². The summed E-state index contributed by atoms with van der Waals surface area (Å²) in [4.78, 5) is 14.9. The summed E-state index contributed by atoms with van der Waals surface area (Å²) in [5, 5.41) is 2.98. The first-order chi connectivity index (χ1) is 8.65. The number of nitrogens with zero attached hydrogens (tertiary/aromatic N) is 1. The second-order valence-electron chi connectivity index (χ2n) is 3.77. The smallest absolute Gasteiger partial charge is 0.307 e. The van der Waals surface area contributed by atoms with E-state index in [9.17, 15) is 4.79 Å². The van der Waals surface area contributed by atoms with E-state index in [1.165, 1.54) is 12.7 Å². The molecule has 0 unspecified atom stereocenters. The van der Waals surface area contributed by atoms with E-state index in [1.807, 2.05) is 18.2 Å². The molecule has 0 aliphatic rings. The number of aryl methyl sites for hydroxylation is 1. The van der Waals surface area contributed by atoms with Crippen molar-refractivity contribution in [3.05, 3.63) is 29.8 Å². The summed E-state index contributed by atoms with van der Waals surface area (Å²) in [6.45, 7) is 2.41. The molecule has 0 saturated carbocycles. The summed E-state index contributed by atoms with van der Waals surface area (Å²) in [6, 6.07) is 7.95. The molecule has 0 atom stereocenters. The maximum Gasteiger partial charge on any atom is 0.307 e. The van der Waals surface area contributed by atoms with E-state index in [0.29, 0.717) is 12.5 Å². The number of guanidine groups is 1. The van der Waals surface area contributed by atoms with Gasteiger partial charge in [0.15, 0.2) is 5.96 Å². The monoisotopic (exact) mass is 377 g/mol. The first-order valence-corrected chi connectivity index (χ1v) is 5.88. The number of methoxy groups -OCH3 is 1. The Kier molecular flexibility index (Phi) is 8.94. The van der Waals surface area contributed by atoms with Gasteiger partial charge in [0.1, 0.15) is 0 Å². The molecule has 19 heavy (non-hydrogen) atoms. The van der Waals surface area contributed by atoms with Crippen molar-refractivity contribution in [1.82, 2.24) is 0 Å². The molecule has 0 saturated heterocycles. The highest BCUT2D eigenvalue weighted by Crippen LogP contribution is 2.10. The normalized spacial score (nSPS) is 10.5. The van der Waals surface area contributed by atoms with E-state index in [4.69, 9.17) is 5.73 Å². The van der Waals surface area contributed by atoms with Crippen molar-refractivity contribution in [2.24, 2.45) is 10.7 Å². The summed E-state index contributed by atoms with van der Waals surface area (Å²) < 4.78 is 4.51. The Morgan fingerprint density at radius 3 is 2.84 bits per heavy atom. The van der Waals surface area contributed by atoms with Crippen LogP contribution in [0.1, 0.15) is 18.9 Å². The van der Waals surface area contributed by atoms with Gasteiger partial charge in [-0.2, -0.15) is 0 Å². The lowest BCUT2D eigenvalue weighted by molar-refractivity contribution is -0.140. The number of ether oxygens (including phenoxy) is 1. The zero-order valence-electron chi connectivity index (χ0n) is 11.2. The SMILES string of the molecule is CCc1cccc(NC(N)=NCCC(=O)OC)c1.I. The number of hydrogen-bond acceptors (Lipinski definition) is 3. The predicted octanol–water partition coefficient (Wildman–Crippen LogP) is 2.16. The Morgan fingerprint density at radius 2 is 2.21 bits per heavy atom. The molecule has 0 aromatic heterocycles. The fourth-order valence-electron chi connectivity index (χ4n) is 1.43. The second kappa shape index (κ2) is 9.60. The maximum absolute atomic E-state index is 10.9. The summed E-state index contributed by atoms with van der Waals surface area (Å²) in [5.41, 5.74) is 7.83. The molecule has 1 rings (SSSR count).